The van der Waals surface area contributed by atoms with Gasteiger partial charge in [0.2, 0.25) is 0 Å². The number of rotatable bonds is 9. The first-order valence-corrected chi connectivity index (χ1v) is 6.40. The van der Waals surface area contributed by atoms with Crippen molar-refractivity contribution in [2.45, 2.75) is 65.7 Å². The molecule has 0 fully saturated rings. The molecule has 0 rings (SSSR count). The van der Waals surface area contributed by atoms with Crippen LogP contribution in [0.5, 0.6) is 0 Å². The number of aldehydes is 1. The summed E-state index contributed by atoms with van der Waals surface area (Å²) in [4.78, 5) is 10.8. The number of carbonyl (C=O) groups is 1. The molecule has 0 aromatic rings. The normalized spacial score (nSPS) is 13.9. The van der Waals surface area contributed by atoms with Gasteiger partial charge in [-0.15, -0.1) is 0 Å². The van der Waals surface area contributed by atoms with Gasteiger partial charge in [-0.05, 0) is 30.8 Å². The summed E-state index contributed by atoms with van der Waals surface area (Å²) >= 11 is 0. The Morgan fingerprint density at radius 2 is 1.80 bits per heavy atom. The molecule has 0 aromatic heterocycles. The van der Waals surface area contributed by atoms with Gasteiger partial charge in [0.25, 0.3) is 0 Å². The molecule has 1 heteroatoms. The summed E-state index contributed by atoms with van der Waals surface area (Å²) in [6.45, 7) is 6.60. The van der Waals surface area contributed by atoms with Crippen LogP contribution < -0.4 is 0 Å². The lowest BCUT2D eigenvalue weighted by Gasteiger charge is -2.06. The summed E-state index contributed by atoms with van der Waals surface area (Å²) in [7, 11) is 0. The van der Waals surface area contributed by atoms with Gasteiger partial charge in [-0.2, -0.15) is 0 Å². The highest BCUT2D eigenvalue weighted by molar-refractivity contribution is 5.73. The van der Waals surface area contributed by atoms with E-state index in [1.165, 1.54) is 32.1 Å². The minimum Gasteiger partial charge on any atom is -0.298 e. The topological polar surface area (TPSA) is 17.1 Å². The van der Waals surface area contributed by atoms with Crippen molar-refractivity contribution in [3.63, 3.8) is 0 Å². The average molecular weight is 210 g/mol. The maximum absolute atomic E-state index is 10.8. The summed E-state index contributed by atoms with van der Waals surface area (Å²) < 4.78 is 0. The number of hydrogen-bond donors (Lipinski definition) is 0. The molecule has 0 aliphatic heterocycles. The Morgan fingerprint density at radius 1 is 1.13 bits per heavy atom. The van der Waals surface area contributed by atoms with Gasteiger partial charge in [0.05, 0.1) is 0 Å². The van der Waals surface area contributed by atoms with Gasteiger partial charge in [-0.25, -0.2) is 0 Å². The van der Waals surface area contributed by atoms with Crippen LogP contribution in [0, 0.1) is 5.92 Å². The Hall–Kier alpha value is -0.590. The van der Waals surface area contributed by atoms with E-state index in [0.29, 0.717) is 5.92 Å². The van der Waals surface area contributed by atoms with Crippen molar-refractivity contribution in [2.24, 2.45) is 5.92 Å². The SMILES string of the molecule is CCCCC/C(C=O)=C\C(C)CCCC. The summed E-state index contributed by atoms with van der Waals surface area (Å²) in [5.74, 6) is 0.562. The van der Waals surface area contributed by atoms with Gasteiger partial charge in [-0.3, -0.25) is 4.79 Å². The van der Waals surface area contributed by atoms with Gasteiger partial charge in [0.15, 0.2) is 0 Å². The Bertz CT molecular complexity index is 182. The van der Waals surface area contributed by atoms with Crippen LogP contribution in [-0.2, 0) is 4.79 Å². The van der Waals surface area contributed by atoms with Crippen LogP contribution in [0.2, 0.25) is 0 Å². The molecule has 0 saturated heterocycles. The van der Waals surface area contributed by atoms with Gasteiger partial charge in [0, 0.05) is 0 Å². The largest absolute Gasteiger partial charge is 0.298 e. The van der Waals surface area contributed by atoms with Crippen LogP contribution in [0.4, 0.5) is 0 Å². The second-order valence-corrected chi connectivity index (χ2v) is 4.44. The third-order valence-corrected chi connectivity index (χ3v) is 2.73. The highest BCUT2D eigenvalue weighted by Crippen LogP contribution is 2.14. The van der Waals surface area contributed by atoms with E-state index in [1.54, 1.807) is 0 Å². The summed E-state index contributed by atoms with van der Waals surface area (Å²) in [5, 5.41) is 0. The molecule has 1 nitrogen and oxygen atoms in total. The van der Waals surface area contributed by atoms with Gasteiger partial charge in [0.1, 0.15) is 6.29 Å². The minimum absolute atomic E-state index is 0.562. The molecular formula is C14H26O. The third-order valence-electron chi connectivity index (χ3n) is 2.73. The molecule has 0 saturated carbocycles. The Kier molecular flexibility index (Phi) is 9.55. The first-order chi connectivity index (χ1) is 7.24. The predicted octanol–water partition coefficient (Wildman–Crippen LogP) is 4.52. The quantitative estimate of drug-likeness (QED) is 0.311. The van der Waals surface area contributed by atoms with E-state index in [1.807, 2.05) is 0 Å². The van der Waals surface area contributed by atoms with E-state index >= 15 is 0 Å². The molecule has 0 amide bonds. The number of carbonyl (C=O) groups excluding carboxylic acids is 1. The Labute approximate surface area is 95.0 Å². The number of hydrogen-bond acceptors (Lipinski definition) is 1. The molecule has 15 heavy (non-hydrogen) atoms. The molecule has 0 heterocycles. The Balaban J connectivity index is 3.90. The van der Waals surface area contributed by atoms with Crippen LogP contribution in [-0.4, -0.2) is 6.29 Å². The molecule has 88 valence electrons. The Morgan fingerprint density at radius 3 is 2.33 bits per heavy atom. The third kappa shape index (κ3) is 8.41. The van der Waals surface area contributed by atoms with E-state index in [4.69, 9.17) is 0 Å². The van der Waals surface area contributed by atoms with E-state index in [2.05, 4.69) is 26.8 Å². The van der Waals surface area contributed by atoms with Gasteiger partial charge >= 0.3 is 0 Å². The van der Waals surface area contributed by atoms with Crippen LogP contribution in [0.3, 0.4) is 0 Å². The van der Waals surface area contributed by atoms with E-state index < -0.39 is 0 Å². The fraction of sp³-hybridized carbons (Fsp3) is 0.786. The van der Waals surface area contributed by atoms with Crippen LogP contribution >= 0.6 is 0 Å². The molecule has 0 aliphatic rings. The first kappa shape index (κ1) is 14.4. The zero-order valence-corrected chi connectivity index (χ0v) is 10.6. The molecule has 0 bridgehead atoms. The maximum Gasteiger partial charge on any atom is 0.145 e. The minimum atomic E-state index is 0.562. The van der Waals surface area contributed by atoms with Crippen molar-refractivity contribution in [3.05, 3.63) is 11.6 Å². The molecule has 1 atom stereocenters. The molecule has 0 spiro atoms. The van der Waals surface area contributed by atoms with E-state index in [0.717, 1.165) is 24.7 Å². The summed E-state index contributed by atoms with van der Waals surface area (Å²) in [6.07, 6.45) is 11.5. The first-order valence-electron chi connectivity index (χ1n) is 6.40. The molecule has 1 unspecified atom stereocenters. The van der Waals surface area contributed by atoms with Crippen molar-refractivity contribution in [1.82, 2.24) is 0 Å². The standard InChI is InChI=1S/C14H26O/c1-4-6-8-10-14(12-15)11-13(3)9-7-5-2/h11-13H,4-10H2,1-3H3/b14-11+. The monoisotopic (exact) mass is 210 g/mol. The van der Waals surface area contributed by atoms with Crippen molar-refractivity contribution < 1.29 is 4.79 Å². The smallest absolute Gasteiger partial charge is 0.145 e. The molecule has 0 radical (unpaired) electrons. The zero-order chi connectivity index (χ0) is 11.5. The van der Waals surface area contributed by atoms with Crippen molar-refractivity contribution in [2.75, 3.05) is 0 Å². The van der Waals surface area contributed by atoms with Crippen molar-refractivity contribution in [3.8, 4) is 0 Å². The van der Waals surface area contributed by atoms with Crippen molar-refractivity contribution >= 4 is 6.29 Å². The predicted molar refractivity (Wildman–Crippen MR) is 67.0 cm³/mol. The second-order valence-electron chi connectivity index (χ2n) is 4.44. The van der Waals surface area contributed by atoms with Crippen molar-refractivity contribution in [1.29, 1.82) is 0 Å². The fourth-order valence-corrected chi connectivity index (χ4v) is 1.74. The van der Waals surface area contributed by atoms with E-state index in [-0.39, 0.29) is 0 Å². The fourth-order valence-electron chi connectivity index (χ4n) is 1.74. The lowest BCUT2D eigenvalue weighted by Crippen LogP contribution is -1.94. The lowest BCUT2D eigenvalue weighted by molar-refractivity contribution is -0.105. The van der Waals surface area contributed by atoms with Crippen LogP contribution in [0.1, 0.15) is 65.7 Å². The summed E-state index contributed by atoms with van der Waals surface area (Å²) in [5.41, 5.74) is 1.01. The second kappa shape index (κ2) is 9.95. The molecule has 0 aliphatic carbocycles. The molecular weight excluding hydrogens is 184 g/mol. The molecule has 0 N–H and O–H groups in total. The highest BCUT2D eigenvalue weighted by Gasteiger charge is 2.01. The average Bonchev–Trinajstić information content (AvgIpc) is 2.25. The molecule has 0 aromatic carbocycles. The maximum atomic E-state index is 10.8. The highest BCUT2D eigenvalue weighted by atomic mass is 16.1. The van der Waals surface area contributed by atoms with Crippen LogP contribution in [0.15, 0.2) is 11.6 Å². The van der Waals surface area contributed by atoms with Gasteiger partial charge in [-0.1, -0.05) is 52.5 Å². The number of unbranched alkanes of at least 4 members (excludes halogenated alkanes) is 3. The van der Waals surface area contributed by atoms with E-state index in [9.17, 15) is 4.79 Å². The number of allylic oxidation sites excluding steroid dienone is 2. The van der Waals surface area contributed by atoms with Crippen LogP contribution in [0.25, 0.3) is 0 Å². The zero-order valence-electron chi connectivity index (χ0n) is 10.6. The summed E-state index contributed by atoms with van der Waals surface area (Å²) in [6, 6.07) is 0. The van der Waals surface area contributed by atoms with Gasteiger partial charge < -0.3 is 0 Å². The lowest BCUT2D eigenvalue weighted by atomic mass is 9.99.